The van der Waals surface area contributed by atoms with Gasteiger partial charge in [-0.15, -0.1) is 0 Å². The summed E-state index contributed by atoms with van der Waals surface area (Å²) in [6.45, 7) is 4.65. The first-order valence-corrected chi connectivity index (χ1v) is 29.3. The Balaban J connectivity index is 4.19. The van der Waals surface area contributed by atoms with Crippen LogP contribution in [0, 0.1) is 0 Å². The van der Waals surface area contributed by atoms with Crippen molar-refractivity contribution in [1.82, 2.24) is 5.32 Å². The first kappa shape index (κ1) is 64.9. The third-order valence-electron chi connectivity index (χ3n) is 12.1. The molecule has 67 heavy (non-hydrogen) atoms. The van der Waals surface area contributed by atoms with Crippen molar-refractivity contribution in [2.75, 3.05) is 40.9 Å². The molecule has 0 aliphatic rings. The molecule has 0 aromatic rings. The van der Waals surface area contributed by atoms with Gasteiger partial charge >= 0.3 is 7.82 Å². The number of unbranched alkanes of at least 4 members (excludes halogenated alkanes) is 27. The maximum absolute atomic E-state index is 12.9. The molecular weight excluding hydrogens is 852 g/mol. The summed E-state index contributed by atoms with van der Waals surface area (Å²) in [4.78, 5) is 23.2. The summed E-state index contributed by atoms with van der Waals surface area (Å²) in [5, 5.41) is 13.8. The van der Waals surface area contributed by atoms with E-state index in [-0.39, 0.29) is 19.1 Å². The minimum atomic E-state index is -4.37. The molecule has 0 fully saturated rings. The first-order valence-electron chi connectivity index (χ1n) is 27.8. The number of hydrogen-bond acceptors (Lipinski definition) is 5. The molecule has 1 amide bonds. The van der Waals surface area contributed by atoms with Crippen LogP contribution in [0.1, 0.15) is 239 Å². The van der Waals surface area contributed by atoms with E-state index in [2.05, 4.69) is 79.9 Å². The minimum Gasteiger partial charge on any atom is -0.387 e. The maximum Gasteiger partial charge on any atom is 0.472 e. The Morgan fingerprint density at radius 1 is 0.522 bits per heavy atom. The molecule has 3 atom stereocenters. The van der Waals surface area contributed by atoms with Crippen molar-refractivity contribution in [3.63, 3.8) is 0 Å². The number of nitrogens with one attached hydrogen (secondary N) is 1. The van der Waals surface area contributed by atoms with Gasteiger partial charge in [0.1, 0.15) is 13.2 Å². The lowest BCUT2D eigenvalue weighted by atomic mass is 10.0. The average molecular weight is 960 g/mol. The van der Waals surface area contributed by atoms with E-state index in [1.165, 1.54) is 148 Å². The number of phosphoric ester groups is 1. The molecule has 0 bridgehead atoms. The SMILES string of the molecule is CC/C=C\C/C=C\C/C=C\CCCCCC(=O)NC(COP(=O)(O)OCC[N+](C)(C)C)C(O)/C=C/CC/C=C/CC/C=C/CCCCCCCCCCCCCCCCCCCCCCCC. The summed E-state index contributed by atoms with van der Waals surface area (Å²) in [7, 11) is 1.52. The van der Waals surface area contributed by atoms with Gasteiger partial charge in [-0.3, -0.25) is 13.8 Å². The van der Waals surface area contributed by atoms with Gasteiger partial charge in [-0.1, -0.05) is 228 Å². The van der Waals surface area contributed by atoms with E-state index in [0.29, 0.717) is 17.4 Å². The zero-order valence-electron chi connectivity index (χ0n) is 44.4. The lowest BCUT2D eigenvalue weighted by molar-refractivity contribution is -0.870. The Labute approximate surface area is 414 Å². The van der Waals surface area contributed by atoms with Crippen LogP contribution in [-0.4, -0.2) is 73.4 Å². The number of aliphatic hydroxyl groups is 1. The monoisotopic (exact) mass is 960 g/mol. The topological polar surface area (TPSA) is 105 Å². The number of phosphoric acid groups is 1. The van der Waals surface area contributed by atoms with E-state index < -0.39 is 20.0 Å². The fourth-order valence-electron chi connectivity index (χ4n) is 7.79. The van der Waals surface area contributed by atoms with Gasteiger partial charge in [0.2, 0.25) is 5.91 Å². The van der Waals surface area contributed by atoms with Gasteiger partial charge in [-0.2, -0.15) is 0 Å². The number of nitrogens with zero attached hydrogens (tertiary/aromatic N) is 1. The van der Waals surface area contributed by atoms with Crippen LogP contribution < -0.4 is 5.32 Å². The van der Waals surface area contributed by atoms with Crippen molar-refractivity contribution in [3.05, 3.63) is 72.9 Å². The van der Waals surface area contributed by atoms with Gasteiger partial charge in [0.15, 0.2) is 0 Å². The third-order valence-corrected chi connectivity index (χ3v) is 13.1. The van der Waals surface area contributed by atoms with Gasteiger partial charge in [0, 0.05) is 6.42 Å². The van der Waals surface area contributed by atoms with Crippen LogP contribution >= 0.6 is 7.82 Å². The number of aliphatic hydroxyl groups excluding tert-OH is 1. The fourth-order valence-corrected chi connectivity index (χ4v) is 8.53. The van der Waals surface area contributed by atoms with Gasteiger partial charge in [-0.05, 0) is 77.0 Å². The second-order valence-corrected chi connectivity index (χ2v) is 21.4. The van der Waals surface area contributed by atoms with Crippen LogP contribution in [0.2, 0.25) is 0 Å². The van der Waals surface area contributed by atoms with Crippen molar-refractivity contribution in [1.29, 1.82) is 0 Å². The smallest absolute Gasteiger partial charge is 0.387 e. The molecule has 0 saturated heterocycles. The van der Waals surface area contributed by atoms with E-state index >= 15 is 0 Å². The second-order valence-electron chi connectivity index (χ2n) is 19.9. The largest absolute Gasteiger partial charge is 0.472 e. The zero-order valence-corrected chi connectivity index (χ0v) is 45.3. The summed E-state index contributed by atoms with van der Waals surface area (Å²) in [6.07, 6.45) is 67.5. The Kier molecular flexibility index (Phi) is 47.4. The molecule has 8 nitrogen and oxygen atoms in total. The van der Waals surface area contributed by atoms with E-state index in [4.69, 9.17) is 9.05 Å². The van der Waals surface area contributed by atoms with E-state index in [0.717, 1.165) is 70.6 Å². The van der Waals surface area contributed by atoms with Crippen molar-refractivity contribution in [2.24, 2.45) is 0 Å². The quantitative estimate of drug-likeness (QED) is 0.0243. The number of hydrogen-bond donors (Lipinski definition) is 3. The fraction of sp³-hybridized carbons (Fsp3) is 0.776. The van der Waals surface area contributed by atoms with Crippen LogP contribution in [0.25, 0.3) is 0 Å². The highest BCUT2D eigenvalue weighted by Crippen LogP contribution is 2.43. The molecule has 0 radical (unpaired) electrons. The van der Waals surface area contributed by atoms with Gasteiger partial charge in [-0.25, -0.2) is 4.57 Å². The van der Waals surface area contributed by atoms with Crippen LogP contribution in [-0.2, 0) is 18.4 Å². The average Bonchev–Trinajstić information content (AvgIpc) is 3.29. The second kappa shape index (κ2) is 48.9. The summed E-state index contributed by atoms with van der Waals surface area (Å²) >= 11 is 0. The molecular formula is C58H108N2O6P+. The lowest BCUT2D eigenvalue weighted by Crippen LogP contribution is -2.45. The number of carbonyl (C=O) groups excluding carboxylic acids is 1. The molecule has 3 unspecified atom stereocenters. The highest BCUT2D eigenvalue weighted by Gasteiger charge is 2.27. The lowest BCUT2D eigenvalue weighted by Gasteiger charge is -2.25. The Morgan fingerprint density at radius 2 is 0.910 bits per heavy atom. The number of quaternary nitrogens is 1. The van der Waals surface area contributed by atoms with Gasteiger partial charge < -0.3 is 19.8 Å². The van der Waals surface area contributed by atoms with E-state index in [1.807, 2.05) is 27.2 Å². The van der Waals surface area contributed by atoms with Crippen molar-refractivity contribution in [3.8, 4) is 0 Å². The van der Waals surface area contributed by atoms with Crippen LogP contribution in [0.4, 0.5) is 0 Å². The predicted molar refractivity (Wildman–Crippen MR) is 290 cm³/mol. The standard InChI is InChI=1S/C58H107N2O6P/c1-6-8-10-12-14-16-18-20-21-22-23-24-25-26-27-28-29-30-31-32-33-34-35-36-37-38-40-41-43-45-47-49-51-57(61)56(55-66-67(63,64)65-54-53-60(3,4)5)59-58(62)52-50-48-46-44-42-39-19-17-15-13-11-9-7-2/h9,11,15,17,36-37,39,41-43,49,51,56-57,61H,6-8,10,12-14,16,18-35,38,40,44-48,50,52-55H2,1-5H3,(H-,59,62,63,64)/p+1/b11-9-,17-15-,37-36+,42-39-,43-41+,51-49+. The van der Waals surface area contributed by atoms with Gasteiger partial charge in [0.25, 0.3) is 0 Å². The maximum atomic E-state index is 12.9. The summed E-state index contributed by atoms with van der Waals surface area (Å²) in [5.74, 6) is -0.222. The third kappa shape index (κ3) is 51.6. The first-order chi connectivity index (χ1) is 32.5. The normalized spacial score (nSPS) is 14.6. The number of allylic oxidation sites excluding steroid dienone is 11. The molecule has 3 N–H and O–H groups in total. The summed E-state index contributed by atoms with van der Waals surface area (Å²) in [6, 6.07) is -0.888. The number of amides is 1. The summed E-state index contributed by atoms with van der Waals surface area (Å²) < 4.78 is 23.6. The molecule has 0 spiro atoms. The summed E-state index contributed by atoms with van der Waals surface area (Å²) in [5.41, 5.74) is 0. The molecule has 0 aromatic heterocycles. The molecule has 0 aliphatic carbocycles. The predicted octanol–water partition coefficient (Wildman–Crippen LogP) is 16.7. The molecule has 9 heteroatoms. The highest BCUT2D eigenvalue weighted by molar-refractivity contribution is 7.47. The van der Waals surface area contributed by atoms with Crippen LogP contribution in [0.5, 0.6) is 0 Å². The van der Waals surface area contributed by atoms with Crippen molar-refractivity contribution < 1.29 is 32.9 Å². The number of likely N-dealkylation sites (N-methyl/N-ethyl adjacent to an activating group) is 1. The Hall–Kier alpha value is -2.06. The van der Waals surface area contributed by atoms with Gasteiger partial charge in [0.05, 0.1) is 39.9 Å². The molecule has 0 aliphatic heterocycles. The van der Waals surface area contributed by atoms with Crippen molar-refractivity contribution >= 4 is 13.7 Å². The van der Waals surface area contributed by atoms with E-state index in [9.17, 15) is 19.4 Å². The number of rotatable bonds is 50. The zero-order chi connectivity index (χ0) is 49.2. The Morgan fingerprint density at radius 3 is 1.37 bits per heavy atom. The van der Waals surface area contributed by atoms with Crippen molar-refractivity contribution in [2.45, 2.75) is 251 Å². The molecule has 0 heterocycles. The molecule has 0 aromatic carbocycles. The highest BCUT2D eigenvalue weighted by atomic mass is 31.2. The minimum absolute atomic E-state index is 0.0444. The molecule has 0 saturated carbocycles. The van der Waals surface area contributed by atoms with Crippen LogP contribution in [0.3, 0.4) is 0 Å². The number of carbonyl (C=O) groups is 1. The van der Waals surface area contributed by atoms with E-state index in [1.54, 1.807) is 6.08 Å². The Bertz CT molecular complexity index is 1320. The molecule has 0 rings (SSSR count). The van der Waals surface area contributed by atoms with Crippen LogP contribution in [0.15, 0.2) is 72.9 Å². The molecule has 390 valence electrons.